The molecular weight excluding hydrogens is 379 g/mol. The SMILES string of the molecule is CN=C(NCCC(=O)NC1CCCCC1)NC(C)(C)C.I. The average molecular weight is 410 g/mol. The summed E-state index contributed by atoms with van der Waals surface area (Å²) in [5.41, 5.74) is -0.0355. The molecule has 0 saturated heterocycles. The van der Waals surface area contributed by atoms with Crippen molar-refractivity contribution in [1.29, 1.82) is 0 Å². The monoisotopic (exact) mass is 410 g/mol. The lowest BCUT2D eigenvalue weighted by atomic mass is 9.95. The van der Waals surface area contributed by atoms with E-state index < -0.39 is 0 Å². The third kappa shape index (κ3) is 9.92. The van der Waals surface area contributed by atoms with E-state index in [1.165, 1.54) is 19.3 Å². The van der Waals surface area contributed by atoms with E-state index in [0.29, 0.717) is 19.0 Å². The lowest BCUT2D eigenvalue weighted by molar-refractivity contribution is -0.121. The molecule has 0 aromatic rings. The summed E-state index contributed by atoms with van der Waals surface area (Å²) in [6, 6.07) is 0.392. The number of carbonyl (C=O) groups excluding carboxylic acids is 1. The summed E-state index contributed by atoms with van der Waals surface area (Å²) in [6.07, 6.45) is 6.54. The van der Waals surface area contributed by atoms with Crippen LogP contribution in [0.25, 0.3) is 0 Å². The summed E-state index contributed by atoms with van der Waals surface area (Å²) in [4.78, 5) is 16.0. The predicted molar refractivity (Wildman–Crippen MR) is 99.3 cm³/mol. The van der Waals surface area contributed by atoms with E-state index in [1.54, 1.807) is 7.05 Å². The van der Waals surface area contributed by atoms with E-state index >= 15 is 0 Å². The van der Waals surface area contributed by atoms with Crippen LogP contribution >= 0.6 is 24.0 Å². The normalized spacial score (nSPS) is 16.9. The van der Waals surface area contributed by atoms with Gasteiger partial charge in [-0.25, -0.2) is 0 Å². The van der Waals surface area contributed by atoms with Crippen LogP contribution in [-0.4, -0.2) is 37.0 Å². The highest BCUT2D eigenvalue weighted by Gasteiger charge is 2.16. The Labute approximate surface area is 146 Å². The number of aliphatic imine (C=N–C) groups is 1. The molecule has 1 fully saturated rings. The first-order valence-corrected chi connectivity index (χ1v) is 7.69. The molecule has 0 radical (unpaired) electrons. The number of hydrogen-bond donors (Lipinski definition) is 3. The number of nitrogens with zero attached hydrogens (tertiary/aromatic N) is 1. The van der Waals surface area contributed by atoms with Crippen LogP contribution in [-0.2, 0) is 4.79 Å². The fourth-order valence-electron chi connectivity index (χ4n) is 2.38. The van der Waals surface area contributed by atoms with Gasteiger partial charge in [-0.05, 0) is 33.6 Å². The van der Waals surface area contributed by atoms with Crippen molar-refractivity contribution in [1.82, 2.24) is 16.0 Å². The van der Waals surface area contributed by atoms with Crippen LogP contribution in [0.2, 0.25) is 0 Å². The molecule has 1 aliphatic carbocycles. The first-order chi connectivity index (χ1) is 9.40. The van der Waals surface area contributed by atoms with E-state index in [-0.39, 0.29) is 35.4 Å². The maximum absolute atomic E-state index is 11.9. The molecule has 5 nitrogen and oxygen atoms in total. The van der Waals surface area contributed by atoms with Crippen molar-refractivity contribution in [2.24, 2.45) is 4.99 Å². The van der Waals surface area contributed by atoms with E-state index in [4.69, 9.17) is 0 Å². The third-order valence-corrected chi connectivity index (χ3v) is 3.33. The maximum Gasteiger partial charge on any atom is 0.221 e. The number of carbonyl (C=O) groups is 1. The fourth-order valence-corrected chi connectivity index (χ4v) is 2.38. The Morgan fingerprint density at radius 2 is 1.81 bits per heavy atom. The molecule has 21 heavy (non-hydrogen) atoms. The van der Waals surface area contributed by atoms with Crippen LogP contribution in [0.5, 0.6) is 0 Å². The molecule has 0 aliphatic heterocycles. The first-order valence-electron chi connectivity index (χ1n) is 7.69. The maximum atomic E-state index is 11.9. The van der Waals surface area contributed by atoms with E-state index in [1.807, 2.05) is 0 Å². The summed E-state index contributed by atoms with van der Waals surface area (Å²) in [7, 11) is 1.74. The summed E-state index contributed by atoms with van der Waals surface area (Å²) in [5, 5.41) is 9.56. The van der Waals surface area contributed by atoms with Crippen molar-refractivity contribution in [2.45, 2.75) is 70.9 Å². The Bertz CT molecular complexity index is 333. The Balaban J connectivity index is 0.00000400. The molecule has 0 aromatic heterocycles. The smallest absolute Gasteiger partial charge is 0.221 e. The highest BCUT2D eigenvalue weighted by Crippen LogP contribution is 2.17. The number of rotatable bonds is 4. The van der Waals surface area contributed by atoms with Gasteiger partial charge in [0.05, 0.1) is 0 Å². The number of amides is 1. The molecule has 6 heteroatoms. The van der Waals surface area contributed by atoms with Crippen molar-refractivity contribution >= 4 is 35.8 Å². The van der Waals surface area contributed by atoms with Crippen LogP contribution in [0.3, 0.4) is 0 Å². The molecule has 1 saturated carbocycles. The summed E-state index contributed by atoms with van der Waals surface area (Å²) in [5.74, 6) is 0.874. The average Bonchev–Trinajstić information content (AvgIpc) is 2.37. The Kier molecular flexibility index (Phi) is 9.98. The van der Waals surface area contributed by atoms with Crippen LogP contribution in [0.15, 0.2) is 4.99 Å². The highest BCUT2D eigenvalue weighted by molar-refractivity contribution is 14.0. The summed E-state index contributed by atoms with van der Waals surface area (Å²) < 4.78 is 0. The lowest BCUT2D eigenvalue weighted by Gasteiger charge is -2.24. The number of nitrogens with one attached hydrogen (secondary N) is 3. The largest absolute Gasteiger partial charge is 0.356 e. The number of guanidine groups is 1. The van der Waals surface area contributed by atoms with E-state index in [0.717, 1.165) is 18.8 Å². The Morgan fingerprint density at radius 3 is 2.33 bits per heavy atom. The van der Waals surface area contributed by atoms with Gasteiger partial charge >= 0.3 is 0 Å². The van der Waals surface area contributed by atoms with Gasteiger partial charge in [0, 0.05) is 31.6 Å². The van der Waals surface area contributed by atoms with Crippen LogP contribution in [0, 0.1) is 0 Å². The zero-order valence-electron chi connectivity index (χ0n) is 13.8. The molecule has 0 heterocycles. The van der Waals surface area contributed by atoms with Crippen molar-refractivity contribution in [2.75, 3.05) is 13.6 Å². The Morgan fingerprint density at radius 1 is 1.19 bits per heavy atom. The standard InChI is InChI=1S/C15H30N4O.HI/c1-15(2,3)19-14(16-4)17-11-10-13(20)18-12-8-6-5-7-9-12;/h12H,5-11H2,1-4H3,(H,18,20)(H2,16,17,19);1H. The molecular formula is C15H31IN4O. The van der Waals surface area contributed by atoms with Gasteiger partial charge in [-0.1, -0.05) is 19.3 Å². The van der Waals surface area contributed by atoms with Gasteiger partial charge in [0.15, 0.2) is 5.96 Å². The topological polar surface area (TPSA) is 65.5 Å². The minimum absolute atomic E-state index is 0. The predicted octanol–water partition coefficient (Wildman–Crippen LogP) is 2.41. The molecule has 0 aromatic carbocycles. The van der Waals surface area contributed by atoms with Crippen LogP contribution in [0.4, 0.5) is 0 Å². The second kappa shape index (κ2) is 10.2. The molecule has 1 aliphatic rings. The molecule has 1 rings (SSSR count). The van der Waals surface area contributed by atoms with Gasteiger partial charge in [-0.15, -0.1) is 24.0 Å². The van der Waals surface area contributed by atoms with Crippen molar-refractivity contribution in [3.8, 4) is 0 Å². The third-order valence-electron chi connectivity index (χ3n) is 3.33. The van der Waals surface area contributed by atoms with Crippen molar-refractivity contribution in [3.05, 3.63) is 0 Å². The summed E-state index contributed by atoms with van der Waals surface area (Å²) in [6.45, 7) is 6.84. The second-order valence-electron chi connectivity index (χ2n) is 6.53. The zero-order chi connectivity index (χ0) is 15.0. The molecule has 0 bridgehead atoms. The van der Waals surface area contributed by atoms with Gasteiger partial charge in [-0.2, -0.15) is 0 Å². The molecule has 1 amide bonds. The fraction of sp³-hybridized carbons (Fsp3) is 0.867. The Hall–Kier alpha value is -0.530. The van der Waals surface area contributed by atoms with E-state index in [2.05, 4.69) is 41.7 Å². The van der Waals surface area contributed by atoms with Gasteiger partial charge < -0.3 is 16.0 Å². The summed E-state index contributed by atoms with van der Waals surface area (Å²) >= 11 is 0. The van der Waals surface area contributed by atoms with Gasteiger partial charge in [0.25, 0.3) is 0 Å². The quantitative estimate of drug-likeness (QED) is 0.379. The molecule has 3 N–H and O–H groups in total. The lowest BCUT2D eigenvalue weighted by Crippen LogP contribution is -2.48. The minimum Gasteiger partial charge on any atom is -0.356 e. The van der Waals surface area contributed by atoms with Gasteiger partial charge in [-0.3, -0.25) is 9.79 Å². The van der Waals surface area contributed by atoms with Crippen molar-refractivity contribution in [3.63, 3.8) is 0 Å². The molecule has 124 valence electrons. The van der Waals surface area contributed by atoms with Crippen molar-refractivity contribution < 1.29 is 4.79 Å². The molecule has 0 unspecified atom stereocenters. The van der Waals surface area contributed by atoms with E-state index in [9.17, 15) is 4.79 Å². The molecule has 0 spiro atoms. The molecule has 0 atom stereocenters. The van der Waals surface area contributed by atoms with Gasteiger partial charge in [0.2, 0.25) is 5.91 Å². The van der Waals surface area contributed by atoms with Gasteiger partial charge in [0.1, 0.15) is 0 Å². The number of halogens is 1. The second-order valence-corrected chi connectivity index (χ2v) is 6.53. The first kappa shape index (κ1) is 20.5. The highest BCUT2D eigenvalue weighted by atomic mass is 127. The zero-order valence-corrected chi connectivity index (χ0v) is 16.1. The number of hydrogen-bond acceptors (Lipinski definition) is 2. The van der Waals surface area contributed by atoms with Crippen LogP contribution in [0.1, 0.15) is 59.3 Å². The van der Waals surface area contributed by atoms with Crippen LogP contribution < -0.4 is 16.0 Å². The minimum atomic E-state index is -0.0355.